The maximum atomic E-state index is 2.58. The highest BCUT2D eigenvalue weighted by atomic mass is 14.5. The first-order chi connectivity index (χ1) is 19.4. The minimum absolute atomic E-state index is 0.670. The second-order valence-corrected chi connectivity index (χ2v) is 13.7. The third kappa shape index (κ3) is 4.15. The van der Waals surface area contributed by atoms with Crippen LogP contribution in [0.1, 0.15) is 115 Å². The van der Waals surface area contributed by atoms with E-state index in [-0.39, 0.29) is 0 Å². The van der Waals surface area contributed by atoms with Crippen LogP contribution < -0.4 is 0 Å². The van der Waals surface area contributed by atoms with Gasteiger partial charge in [0, 0.05) is 5.92 Å². The molecule has 3 aromatic carbocycles. The predicted molar refractivity (Wildman–Crippen MR) is 162 cm³/mol. The maximum Gasteiger partial charge on any atom is 0.0123 e. The Morgan fingerprint density at radius 2 is 1.21 bits per heavy atom. The molecule has 1 radical (unpaired) electrons. The van der Waals surface area contributed by atoms with Crippen molar-refractivity contribution in [2.75, 3.05) is 0 Å². The number of benzene rings is 3. The highest BCUT2D eigenvalue weighted by molar-refractivity contribution is 5.49. The molecular formula is C39H45. The summed E-state index contributed by atoms with van der Waals surface area (Å²) in [5.41, 5.74) is 11.9. The van der Waals surface area contributed by atoms with Crippen molar-refractivity contribution < 1.29 is 0 Å². The number of hydrogen-bond acceptors (Lipinski definition) is 0. The molecule has 6 atom stereocenters. The van der Waals surface area contributed by atoms with E-state index in [1.165, 1.54) is 89.9 Å². The van der Waals surface area contributed by atoms with Gasteiger partial charge in [-0.25, -0.2) is 0 Å². The molecule has 5 aliphatic rings. The van der Waals surface area contributed by atoms with E-state index in [4.69, 9.17) is 0 Å². The molecule has 0 heterocycles. The number of aryl methyl sites for hydroxylation is 3. The second kappa shape index (κ2) is 10.2. The predicted octanol–water partition coefficient (Wildman–Crippen LogP) is 9.78. The fourth-order valence-corrected chi connectivity index (χ4v) is 10.4. The Morgan fingerprint density at radius 1 is 0.462 bits per heavy atom. The zero-order valence-electron chi connectivity index (χ0n) is 23.7. The van der Waals surface area contributed by atoms with E-state index in [0.29, 0.717) is 11.8 Å². The van der Waals surface area contributed by atoms with Crippen molar-refractivity contribution in [3.8, 4) is 0 Å². The molecule has 0 bridgehead atoms. The smallest absolute Gasteiger partial charge is 0.0123 e. The molecule has 6 unspecified atom stereocenters. The fraction of sp³-hybridized carbons (Fsp3) is 0.513. The molecule has 39 heavy (non-hydrogen) atoms. The topological polar surface area (TPSA) is 0 Å². The Kier molecular flexibility index (Phi) is 6.43. The van der Waals surface area contributed by atoms with E-state index in [1.807, 2.05) is 5.92 Å². The first-order valence-corrected chi connectivity index (χ1v) is 16.5. The molecule has 2 saturated carbocycles. The molecule has 0 aliphatic heterocycles. The normalized spacial score (nSPS) is 32.1. The molecular weight excluding hydrogens is 468 g/mol. The molecule has 0 saturated heterocycles. The van der Waals surface area contributed by atoms with Crippen molar-refractivity contribution in [2.45, 2.75) is 102 Å². The van der Waals surface area contributed by atoms with Crippen LogP contribution in [-0.2, 0) is 25.7 Å². The van der Waals surface area contributed by atoms with Crippen LogP contribution in [0, 0.1) is 29.6 Å². The molecule has 3 aromatic rings. The third-order valence-corrected chi connectivity index (χ3v) is 12.0. The maximum absolute atomic E-state index is 2.58. The van der Waals surface area contributed by atoms with Crippen LogP contribution >= 0.6 is 0 Å². The Bertz CT molecular complexity index is 1330. The van der Waals surface area contributed by atoms with Gasteiger partial charge in [0.05, 0.1) is 0 Å². The van der Waals surface area contributed by atoms with Gasteiger partial charge < -0.3 is 0 Å². The summed E-state index contributed by atoms with van der Waals surface area (Å²) in [7, 11) is 0. The average Bonchev–Trinajstić information content (AvgIpc) is 3.44. The summed E-state index contributed by atoms with van der Waals surface area (Å²) in [5, 5.41) is 0. The average molecular weight is 514 g/mol. The van der Waals surface area contributed by atoms with Gasteiger partial charge in [0.15, 0.2) is 0 Å². The fourth-order valence-electron chi connectivity index (χ4n) is 10.4. The number of hydrogen-bond donors (Lipinski definition) is 0. The molecule has 0 N–H and O–H groups in total. The van der Waals surface area contributed by atoms with Gasteiger partial charge in [-0.15, -0.1) is 0 Å². The van der Waals surface area contributed by atoms with Gasteiger partial charge in [0.25, 0.3) is 0 Å². The monoisotopic (exact) mass is 513 g/mol. The molecule has 5 aliphatic carbocycles. The van der Waals surface area contributed by atoms with Gasteiger partial charge in [0.1, 0.15) is 0 Å². The van der Waals surface area contributed by atoms with Gasteiger partial charge >= 0.3 is 0 Å². The molecule has 0 aromatic heterocycles. The standard InChI is InChI=1S/C39H45/c1-6-16-31-26(10-1)14-9-19-35(31)38-32-17-7-4-13-29(32)22-25-37(38)39-33-18-8-3-12-28(33)21-24-36(39)34-23-20-27-11-2-5-15-30(27)34/h2-3,5,8-9,11-12,14-15,18-19,29,32,34,36-37,39H,1,4,6-7,10,13,16-17,20-25H2. The van der Waals surface area contributed by atoms with Crippen LogP contribution in [0.2, 0.25) is 0 Å². The van der Waals surface area contributed by atoms with Gasteiger partial charge in [-0.2, -0.15) is 0 Å². The second-order valence-electron chi connectivity index (χ2n) is 13.7. The molecule has 0 heteroatoms. The van der Waals surface area contributed by atoms with Gasteiger partial charge in [0.2, 0.25) is 0 Å². The van der Waals surface area contributed by atoms with E-state index < -0.39 is 0 Å². The minimum Gasteiger partial charge on any atom is -0.0620 e. The van der Waals surface area contributed by atoms with Crippen molar-refractivity contribution in [2.24, 2.45) is 23.7 Å². The molecule has 8 rings (SSSR count). The zero-order chi connectivity index (χ0) is 25.8. The highest BCUT2D eigenvalue weighted by Crippen LogP contribution is 2.60. The van der Waals surface area contributed by atoms with Crippen LogP contribution in [0.4, 0.5) is 0 Å². The van der Waals surface area contributed by atoms with Crippen molar-refractivity contribution in [1.29, 1.82) is 0 Å². The quantitative estimate of drug-likeness (QED) is 0.327. The van der Waals surface area contributed by atoms with E-state index in [1.54, 1.807) is 38.9 Å². The summed E-state index contributed by atoms with van der Waals surface area (Å²) in [6, 6.07) is 26.6. The van der Waals surface area contributed by atoms with Crippen LogP contribution in [0.15, 0.2) is 66.7 Å². The van der Waals surface area contributed by atoms with Crippen molar-refractivity contribution in [1.82, 2.24) is 0 Å². The molecule has 0 amide bonds. The lowest BCUT2D eigenvalue weighted by Crippen LogP contribution is -2.42. The van der Waals surface area contributed by atoms with Crippen molar-refractivity contribution in [3.63, 3.8) is 0 Å². The van der Waals surface area contributed by atoms with Gasteiger partial charge in [-0.05, 0) is 145 Å². The largest absolute Gasteiger partial charge is 0.0620 e. The SMILES string of the molecule is c1ccc2c(c1)CCC2C1CCc2ccccc2C1C1CCC2CCCCC2[C]1c1cccc2c1CCCC2. The summed E-state index contributed by atoms with van der Waals surface area (Å²) >= 11 is 0. The van der Waals surface area contributed by atoms with E-state index >= 15 is 0 Å². The number of rotatable bonds is 3. The van der Waals surface area contributed by atoms with Crippen LogP contribution in [0.25, 0.3) is 0 Å². The Morgan fingerprint density at radius 3 is 2.13 bits per heavy atom. The van der Waals surface area contributed by atoms with E-state index in [2.05, 4.69) is 66.7 Å². The molecule has 0 nitrogen and oxygen atoms in total. The lowest BCUT2D eigenvalue weighted by atomic mass is 9.52. The highest BCUT2D eigenvalue weighted by Gasteiger charge is 2.50. The third-order valence-electron chi connectivity index (χ3n) is 12.0. The summed E-state index contributed by atoms with van der Waals surface area (Å²) < 4.78 is 0. The molecule has 2 fully saturated rings. The van der Waals surface area contributed by atoms with E-state index in [0.717, 1.165) is 23.7 Å². The Hall–Kier alpha value is -2.34. The Labute approximate surface area is 236 Å². The lowest BCUT2D eigenvalue weighted by molar-refractivity contribution is 0.125. The van der Waals surface area contributed by atoms with Crippen LogP contribution in [0.3, 0.4) is 0 Å². The molecule has 0 spiro atoms. The summed E-state index contributed by atoms with van der Waals surface area (Å²) in [4.78, 5) is 0. The van der Waals surface area contributed by atoms with Crippen molar-refractivity contribution >= 4 is 0 Å². The first-order valence-electron chi connectivity index (χ1n) is 16.5. The summed E-state index contributed by atoms with van der Waals surface area (Å²) in [6.07, 6.45) is 19.3. The van der Waals surface area contributed by atoms with Gasteiger partial charge in [-0.1, -0.05) is 86.0 Å². The molecule has 201 valence electrons. The summed E-state index contributed by atoms with van der Waals surface area (Å²) in [6.45, 7) is 0. The first kappa shape index (κ1) is 24.5. The van der Waals surface area contributed by atoms with Crippen LogP contribution in [-0.4, -0.2) is 0 Å². The van der Waals surface area contributed by atoms with Crippen LogP contribution in [0.5, 0.6) is 0 Å². The van der Waals surface area contributed by atoms with Gasteiger partial charge in [-0.3, -0.25) is 0 Å². The number of fused-ring (bicyclic) bond motifs is 4. The minimum atomic E-state index is 0.670. The van der Waals surface area contributed by atoms with E-state index in [9.17, 15) is 0 Å². The summed E-state index contributed by atoms with van der Waals surface area (Å²) in [5.74, 6) is 6.55. The zero-order valence-corrected chi connectivity index (χ0v) is 23.7. The Balaban J connectivity index is 1.27. The lowest BCUT2D eigenvalue weighted by Gasteiger charge is -2.52. The van der Waals surface area contributed by atoms with Crippen molar-refractivity contribution in [3.05, 3.63) is 112 Å².